The summed E-state index contributed by atoms with van der Waals surface area (Å²) in [5, 5.41) is 9.22. The van der Waals surface area contributed by atoms with Crippen LogP contribution in [0.3, 0.4) is 0 Å². The van der Waals surface area contributed by atoms with Crippen LogP contribution in [0.25, 0.3) is 0 Å². The number of aromatic nitrogens is 1. The largest absolute Gasteiger partial charge is 0.478 e. The quantitative estimate of drug-likeness (QED) is 0.911. The van der Waals surface area contributed by atoms with Gasteiger partial charge in [0, 0.05) is 12.7 Å². The van der Waals surface area contributed by atoms with Crippen molar-refractivity contribution in [3.8, 4) is 0 Å². The van der Waals surface area contributed by atoms with Gasteiger partial charge in [-0.2, -0.15) is 0 Å². The summed E-state index contributed by atoms with van der Waals surface area (Å²) >= 11 is 5.81. The third kappa shape index (κ3) is 2.57. The minimum absolute atomic E-state index is 0.0861. The highest BCUT2D eigenvalue weighted by atomic mass is 35.5. The second kappa shape index (κ2) is 5.54. The Labute approximate surface area is 110 Å². The summed E-state index contributed by atoms with van der Waals surface area (Å²) in [4.78, 5) is 17.3. The van der Waals surface area contributed by atoms with E-state index in [1.807, 2.05) is 0 Å². The van der Waals surface area contributed by atoms with Gasteiger partial charge in [0.15, 0.2) is 0 Å². The molecule has 18 heavy (non-hydrogen) atoms. The van der Waals surface area contributed by atoms with Crippen LogP contribution in [0.4, 0.5) is 5.82 Å². The number of pyridine rings is 1. The molecule has 1 atom stereocenters. The molecular weight excluding hydrogens is 256 g/mol. The molecule has 1 N–H and O–H groups in total. The molecular formula is C12H15ClN2O3. The van der Waals surface area contributed by atoms with E-state index in [2.05, 4.69) is 16.8 Å². The molecule has 0 saturated carbocycles. The van der Waals surface area contributed by atoms with Crippen LogP contribution in [0.5, 0.6) is 0 Å². The zero-order valence-electron chi connectivity index (χ0n) is 10.1. The number of aromatic carboxylic acids is 1. The van der Waals surface area contributed by atoms with Crippen molar-refractivity contribution in [1.82, 2.24) is 4.98 Å². The van der Waals surface area contributed by atoms with E-state index in [1.54, 1.807) is 0 Å². The van der Waals surface area contributed by atoms with Crippen molar-refractivity contribution in [2.24, 2.45) is 0 Å². The van der Waals surface area contributed by atoms with E-state index < -0.39 is 5.97 Å². The molecule has 2 heterocycles. The highest BCUT2D eigenvalue weighted by molar-refractivity contribution is 6.33. The molecule has 0 radical (unpaired) electrons. The van der Waals surface area contributed by atoms with Gasteiger partial charge in [-0.1, -0.05) is 18.5 Å². The van der Waals surface area contributed by atoms with Crippen LogP contribution in [0.1, 0.15) is 23.7 Å². The summed E-state index contributed by atoms with van der Waals surface area (Å²) in [6.07, 6.45) is 2.31. The second-order valence-corrected chi connectivity index (χ2v) is 4.57. The average Bonchev–Trinajstić information content (AvgIpc) is 2.39. The molecule has 1 aromatic rings. The Morgan fingerprint density at radius 3 is 3.17 bits per heavy atom. The predicted molar refractivity (Wildman–Crippen MR) is 68.5 cm³/mol. The Morgan fingerprint density at radius 2 is 2.50 bits per heavy atom. The first-order valence-corrected chi connectivity index (χ1v) is 6.24. The van der Waals surface area contributed by atoms with Gasteiger partial charge >= 0.3 is 5.97 Å². The maximum Gasteiger partial charge on any atom is 0.337 e. The zero-order chi connectivity index (χ0) is 13.1. The summed E-state index contributed by atoms with van der Waals surface area (Å²) in [6, 6.07) is 1.76. The molecule has 1 unspecified atom stereocenters. The molecule has 1 saturated heterocycles. The van der Waals surface area contributed by atoms with E-state index in [9.17, 15) is 4.79 Å². The first-order valence-electron chi connectivity index (χ1n) is 5.86. The van der Waals surface area contributed by atoms with Gasteiger partial charge in [-0.05, 0) is 12.5 Å². The van der Waals surface area contributed by atoms with Crippen LogP contribution in [0.2, 0.25) is 5.02 Å². The molecule has 5 nitrogen and oxygen atoms in total. The normalized spacial score (nSPS) is 19.9. The van der Waals surface area contributed by atoms with Crippen molar-refractivity contribution in [3.05, 3.63) is 22.8 Å². The van der Waals surface area contributed by atoms with E-state index in [1.165, 1.54) is 12.3 Å². The maximum atomic E-state index is 11.1. The predicted octanol–water partition coefficient (Wildman–Crippen LogP) is 2.05. The number of rotatable bonds is 3. The van der Waals surface area contributed by atoms with E-state index >= 15 is 0 Å². The zero-order valence-corrected chi connectivity index (χ0v) is 10.9. The number of carboxylic acids is 1. The number of carbonyl (C=O) groups is 1. The number of ether oxygens (including phenoxy) is 1. The monoisotopic (exact) mass is 270 g/mol. The van der Waals surface area contributed by atoms with Gasteiger partial charge in [0.2, 0.25) is 0 Å². The summed E-state index contributed by atoms with van der Waals surface area (Å²) in [6.45, 7) is 4.05. The van der Waals surface area contributed by atoms with Crippen LogP contribution in [-0.2, 0) is 4.74 Å². The summed E-state index contributed by atoms with van der Waals surface area (Å²) in [5.41, 5.74) is 0.0861. The highest BCUT2D eigenvalue weighted by Gasteiger charge is 2.24. The van der Waals surface area contributed by atoms with Crippen LogP contribution >= 0.6 is 11.6 Å². The smallest absolute Gasteiger partial charge is 0.337 e. The minimum atomic E-state index is -1.04. The van der Waals surface area contributed by atoms with Crippen LogP contribution in [0.15, 0.2) is 12.3 Å². The molecule has 1 aliphatic heterocycles. The fraction of sp³-hybridized carbons (Fsp3) is 0.500. The molecule has 0 spiro atoms. The number of hydrogen-bond donors (Lipinski definition) is 1. The lowest BCUT2D eigenvalue weighted by Crippen LogP contribution is -2.45. The van der Waals surface area contributed by atoms with Crippen molar-refractivity contribution < 1.29 is 14.6 Å². The van der Waals surface area contributed by atoms with E-state index in [4.69, 9.17) is 21.4 Å². The fourth-order valence-corrected chi connectivity index (χ4v) is 2.23. The maximum absolute atomic E-state index is 11.1. The third-order valence-corrected chi connectivity index (χ3v) is 3.37. The lowest BCUT2D eigenvalue weighted by Gasteiger charge is -2.36. The van der Waals surface area contributed by atoms with Gasteiger partial charge in [-0.25, -0.2) is 9.78 Å². The summed E-state index contributed by atoms with van der Waals surface area (Å²) < 4.78 is 5.41. The number of anilines is 1. The van der Waals surface area contributed by atoms with Crippen LogP contribution in [-0.4, -0.2) is 41.9 Å². The minimum Gasteiger partial charge on any atom is -0.478 e. The van der Waals surface area contributed by atoms with Gasteiger partial charge in [-0.15, -0.1) is 0 Å². The Kier molecular flexibility index (Phi) is 4.04. The fourth-order valence-electron chi connectivity index (χ4n) is 2.04. The lowest BCUT2D eigenvalue weighted by atomic mass is 10.1. The molecule has 98 valence electrons. The average molecular weight is 271 g/mol. The first kappa shape index (κ1) is 13.1. The Bertz CT molecular complexity index is 453. The van der Waals surface area contributed by atoms with Crippen LogP contribution < -0.4 is 4.90 Å². The second-order valence-electron chi connectivity index (χ2n) is 4.16. The molecule has 1 aliphatic rings. The van der Waals surface area contributed by atoms with Gasteiger partial charge in [0.1, 0.15) is 5.82 Å². The number of nitrogens with zero attached hydrogens (tertiary/aromatic N) is 2. The molecule has 0 amide bonds. The van der Waals surface area contributed by atoms with Crippen molar-refractivity contribution in [3.63, 3.8) is 0 Å². The van der Waals surface area contributed by atoms with Crippen molar-refractivity contribution in [1.29, 1.82) is 0 Å². The molecule has 2 rings (SSSR count). The lowest BCUT2D eigenvalue weighted by molar-refractivity contribution is 0.0697. The molecule has 0 aliphatic carbocycles. The Morgan fingerprint density at radius 1 is 1.72 bits per heavy atom. The molecule has 6 heteroatoms. The summed E-state index contributed by atoms with van der Waals surface area (Å²) in [7, 11) is 0. The molecule has 1 aromatic heterocycles. The van der Waals surface area contributed by atoms with Crippen molar-refractivity contribution >= 4 is 23.4 Å². The van der Waals surface area contributed by atoms with E-state index in [-0.39, 0.29) is 16.6 Å². The van der Waals surface area contributed by atoms with Crippen molar-refractivity contribution in [2.75, 3.05) is 24.7 Å². The van der Waals surface area contributed by atoms with Gasteiger partial charge < -0.3 is 14.7 Å². The third-order valence-electron chi connectivity index (χ3n) is 3.06. The van der Waals surface area contributed by atoms with Crippen LogP contribution in [0, 0.1) is 0 Å². The number of halogens is 1. The molecule has 0 bridgehead atoms. The molecule has 1 fully saturated rings. The SMILES string of the molecule is CCC1COCCN1c1cc(C(=O)O)c(Cl)cn1. The van der Waals surface area contributed by atoms with E-state index in [0.717, 1.165) is 6.42 Å². The van der Waals surface area contributed by atoms with Gasteiger partial charge in [0.25, 0.3) is 0 Å². The number of hydrogen-bond acceptors (Lipinski definition) is 4. The first-order chi connectivity index (χ1) is 8.63. The van der Waals surface area contributed by atoms with Gasteiger partial charge in [0.05, 0.1) is 29.8 Å². The number of carboxylic acid groups (broad SMARTS) is 1. The van der Waals surface area contributed by atoms with Crippen molar-refractivity contribution in [2.45, 2.75) is 19.4 Å². The topological polar surface area (TPSA) is 62.7 Å². The van der Waals surface area contributed by atoms with E-state index in [0.29, 0.717) is 25.6 Å². The highest BCUT2D eigenvalue weighted by Crippen LogP contribution is 2.24. The van der Waals surface area contributed by atoms with Gasteiger partial charge in [-0.3, -0.25) is 0 Å². The Balaban J connectivity index is 2.32. The standard InChI is InChI=1S/C12H15ClN2O3/c1-2-8-7-18-4-3-15(8)11-5-9(12(16)17)10(13)6-14-11/h5-6,8H,2-4,7H2,1H3,(H,16,17). The molecule has 0 aromatic carbocycles. The number of morpholine rings is 1. The summed E-state index contributed by atoms with van der Waals surface area (Å²) in [5.74, 6) is -0.392. The Hall–Kier alpha value is -1.33.